The Balaban J connectivity index is 1.57. The summed E-state index contributed by atoms with van der Waals surface area (Å²) in [6, 6.07) is 13.3. The quantitative estimate of drug-likeness (QED) is 0.478. The summed E-state index contributed by atoms with van der Waals surface area (Å²) in [5.41, 5.74) is 1.64. The lowest BCUT2D eigenvalue weighted by Gasteiger charge is -2.12. The number of nitrogens with one attached hydrogen (secondary N) is 2. The highest BCUT2D eigenvalue weighted by atomic mass is 19.1. The van der Waals surface area contributed by atoms with Gasteiger partial charge in [-0.3, -0.25) is 9.59 Å². The van der Waals surface area contributed by atoms with Gasteiger partial charge in [0.2, 0.25) is 11.8 Å². The topological polar surface area (TPSA) is 76.7 Å². The molecular weight excluding hydrogens is 399 g/mol. The molecule has 0 atom stereocenters. The molecule has 0 radical (unpaired) electrons. The van der Waals surface area contributed by atoms with Gasteiger partial charge < -0.3 is 20.1 Å². The monoisotopic (exact) mass is 430 g/mol. The lowest BCUT2D eigenvalue weighted by atomic mass is 10.1. The van der Waals surface area contributed by atoms with Crippen LogP contribution in [0.1, 0.15) is 36.8 Å². The number of rotatable bonds is 13. The highest BCUT2D eigenvalue weighted by Gasteiger charge is 2.14. The van der Waals surface area contributed by atoms with Gasteiger partial charge in [-0.05, 0) is 42.9 Å². The number of ether oxygens (including phenoxy) is 2. The van der Waals surface area contributed by atoms with Gasteiger partial charge in [0.15, 0.2) is 17.3 Å². The molecule has 0 aliphatic carbocycles. The first-order valence-corrected chi connectivity index (χ1v) is 10.5. The van der Waals surface area contributed by atoms with Crippen LogP contribution in [0.15, 0.2) is 42.5 Å². The zero-order chi connectivity index (χ0) is 22.5. The van der Waals surface area contributed by atoms with Gasteiger partial charge >= 0.3 is 0 Å². The molecule has 0 saturated carbocycles. The van der Waals surface area contributed by atoms with E-state index < -0.39 is 5.82 Å². The highest BCUT2D eigenvalue weighted by Crippen LogP contribution is 2.31. The Labute approximate surface area is 183 Å². The molecule has 2 N–H and O–H groups in total. The first kappa shape index (κ1) is 24.2. The minimum Gasteiger partial charge on any atom is -0.493 e. The van der Waals surface area contributed by atoms with Crippen LogP contribution in [0.2, 0.25) is 0 Å². The summed E-state index contributed by atoms with van der Waals surface area (Å²) in [4.78, 5) is 23.8. The summed E-state index contributed by atoms with van der Waals surface area (Å²) >= 11 is 0. The van der Waals surface area contributed by atoms with Gasteiger partial charge in [0.05, 0.1) is 14.2 Å². The highest BCUT2D eigenvalue weighted by molar-refractivity contribution is 5.77. The second-order valence-electron chi connectivity index (χ2n) is 7.17. The van der Waals surface area contributed by atoms with Crippen molar-refractivity contribution in [2.75, 3.05) is 27.3 Å². The number of carbonyl (C=O) groups excluding carboxylic acids is 2. The predicted molar refractivity (Wildman–Crippen MR) is 118 cm³/mol. The van der Waals surface area contributed by atoms with Crippen LogP contribution in [-0.2, 0) is 22.4 Å². The number of carbonyl (C=O) groups is 2. The maximum Gasteiger partial charge on any atom is 0.220 e. The molecule has 0 unspecified atom stereocenters. The normalized spacial score (nSPS) is 10.4. The van der Waals surface area contributed by atoms with Crippen molar-refractivity contribution in [3.8, 4) is 11.5 Å². The minimum absolute atomic E-state index is 0.000248. The Morgan fingerprint density at radius 2 is 1.45 bits per heavy atom. The third kappa shape index (κ3) is 8.28. The molecule has 2 rings (SSSR count). The number of methoxy groups -OCH3 is 2. The van der Waals surface area contributed by atoms with E-state index in [2.05, 4.69) is 10.6 Å². The maximum absolute atomic E-state index is 14.4. The van der Waals surface area contributed by atoms with Crippen molar-refractivity contribution in [3.05, 3.63) is 59.4 Å². The molecule has 0 spiro atoms. The van der Waals surface area contributed by atoms with Crippen LogP contribution in [0.3, 0.4) is 0 Å². The van der Waals surface area contributed by atoms with Crippen LogP contribution in [-0.4, -0.2) is 39.1 Å². The van der Waals surface area contributed by atoms with Crippen molar-refractivity contribution in [1.29, 1.82) is 0 Å². The van der Waals surface area contributed by atoms with E-state index in [4.69, 9.17) is 9.47 Å². The van der Waals surface area contributed by atoms with Crippen LogP contribution in [0, 0.1) is 5.82 Å². The third-order valence-corrected chi connectivity index (χ3v) is 4.92. The van der Waals surface area contributed by atoms with E-state index in [9.17, 15) is 14.0 Å². The summed E-state index contributed by atoms with van der Waals surface area (Å²) in [6.45, 7) is 0.932. The Morgan fingerprint density at radius 3 is 2.03 bits per heavy atom. The molecule has 0 heterocycles. The molecule has 0 saturated heterocycles. The van der Waals surface area contributed by atoms with Gasteiger partial charge in [-0.25, -0.2) is 4.39 Å². The van der Waals surface area contributed by atoms with Gasteiger partial charge in [-0.1, -0.05) is 36.4 Å². The second-order valence-corrected chi connectivity index (χ2v) is 7.17. The summed E-state index contributed by atoms with van der Waals surface area (Å²) in [5.74, 6) is -0.190. The maximum atomic E-state index is 14.4. The average molecular weight is 431 g/mol. The number of benzene rings is 2. The number of halogens is 1. The molecular formula is C24H31FN2O4. The van der Waals surface area contributed by atoms with E-state index in [0.29, 0.717) is 56.5 Å². The zero-order valence-electron chi connectivity index (χ0n) is 18.2. The standard InChI is InChI=1S/C24H31FN2O4/c1-30-20-13-12-19(23(25)24(20)31-2)15-17-27-22(29)11-7-6-10-21(28)26-16-14-18-8-4-3-5-9-18/h3-5,8-9,12-13H,6-7,10-11,14-17H2,1-2H3,(H,26,28)(H,27,29). The van der Waals surface area contributed by atoms with Crippen molar-refractivity contribution in [2.45, 2.75) is 38.5 Å². The Morgan fingerprint density at radius 1 is 0.839 bits per heavy atom. The first-order valence-electron chi connectivity index (χ1n) is 10.5. The fourth-order valence-electron chi connectivity index (χ4n) is 3.20. The van der Waals surface area contributed by atoms with Gasteiger partial charge in [0.25, 0.3) is 0 Å². The molecule has 0 aromatic heterocycles. The molecule has 0 aliphatic heterocycles. The van der Waals surface area contributed by atoms with Gasteiger partial charge in [0, 0.05) is 25.9 Å². The molecule has 0 bridgehead atoms. The van der Waals surface area contributed by atoms with Gasteiger partial charge in [-0.15, -0.1) is 0 Å². The Bertz CT molecular complexity index is 843. The van der Waals surface area contributed by atoms with E-state index in [-0.39, 0.29) is 17.6 Å². The van der Waals surface area contributed by atoms with Crippen LogP contribution in [0.25, 0.3) is 0 Å². The molecule has 2 aromatic rings. The molecule has 0 fully saturated rings. The van der Waals surface area contributed by atoms with Crippen molar-refractivity contribution >= 4 is 11.8 Å². The van der Waals surface area contributed by atoms with E-state index in [0.717, 1.165) is 6.42 Å². The number of unbranched alkanes of at least 4 members (excludes halogenated alkanes) is 1. The zero-order valence-corrected chi connectivity index (χ0v) is 18.2. The summed E-state index contributed by atoms with van der Waals surface area (Å²) in [7, 11) is 2.83. The fraction of sp³-hybridized carbons (Fsp3) is 0.417. The second kappa shape index (κ2) is 13.3. The molecule has 168 valence electrons. The predicted octanol–water partition coefficient (Wildman–Crippen LogP) is 3.42. The fourth-order valence-corrected chi connectivity index (χ4v) is 3.20. The van der Waals surface area contributed by atoms with E-state index in [1.807, 2.05) is 30.3 Å². The molecule has 2 amide bonds. The Hall–Kier alpha value is -3.09. The SMILES string of the molecule is COc1ccc(CCNC(=O)CCCCC(=O)NCCc2ccccc2)c(F)c1OC. The van der Waals surface area contributed by atoms with E-state index in [1.54, 1.807) is 12.1 Å². The van der Waals surface area contributed by atoms with Crippen LogP contribution < -0.4 is 20.1 Å². The minimum atomic E-state index is -0.477. The van der Waals surface area contributed by atoms with Crippen molar-refractivity contribution < 1.29 is 23.5 Å². The summed E-state index contributed by atoms with van der Waals surface area (Å²) in [5, 5.41) is 5.69. The number of hydrogen-bond acceptors (Lipinski definition) is 4. The number of hydrogen-bond donors (Lipinski definition) is 2. The molecule has 6 nitrogen and oxygen atoms in total. The lowest BCUT2D eigenvalue weighted by Crippen LogP contribution is -2.26. The summed E-state index contributed by atoms with van der Waals surface area (Å²) in [6.07, 6.45) is 3.17. The smallest absolute Gasteiger partial charge is 0.220 e. The molecule has 7 heteroatoms. The average Bonchev–Trinajstić information content (AvgIpc) is 2.78. The Kier molecular flexibility index (Phi) is 10.3. The van der Waals surface area contributed by atoms with Crippen LogP contribution in [0.4, 0.5) is 4.39 Å². The van der Waals surface area contributed by atoms with Crippen LogP contribution >= 0.6 is 0 Å². The van der Waals surface area contributed by atoms with Crippen molar-refractivity contribution in [2.24, 2.45) is 0 Å². The van der Waals surface area contributed by atoms with Crippen molar-refractivity contribution in [1.82, 2.24) is 10.6 Å². The lowest BCUT2D eigenvalue weighted by molar-refractivity contribution is -0.123. The van der Waals surface area contributed by atoms with E-state index >= 15 is 0 Å². The molecule has 31 heavy (non-hydrogen) atoms. The number of amides is 2. The summed E-state index contributed by atoms with van der Waals surface area (Å²) < 4.78 is 24.5. The molecule has 0 aliphatic rings. The largest absolute Gasteiger partial charge is 0.493 e. The first-order chi connectivity index (χ1) is 15.0. The van der Waals surface area contributed by atoms with Crippen molar-refractivity contribution in [3.63, 3.8) is 0 Å². The van der Waals surface area contributed by atoms with Crippen LogP contribution in [0.5, 0.6) is 11.5 Å². The van der Waals surface area contributed by atoms with Gasteiger partial charge in [0.1, 0.15) is 0 Å². The third-order valence-electron chi connectivity index (χ3n) is 4.92. The molecule has 2 aromatic carbocycles. The van der Waals surface area contributed by atoms with E-state index in [1.165, 1.54) is 19.8 Å². The van der Waals surface area contributed by atoms with Gasteiger partial charge in [-0.2, -0.15) is 0 Å².